The van der Waals surface area contributed by atoms with Crippen LogP contribution in [-0.2, 0) is 0 Å². The van der Waals surface area contributed by atoms with Crippen LogP contribution in [0.15, 0.2) is 28.7 Å². The smallest absolute Gasteiger partial charge is 0.0638 e. The van der Waals surface area contributed by atoms with Gasteiger partial charge < -0.3 is 5.32 Å². The van der Waals surface area contributed by atoms with Crippen molar-refractivity contribution in [2.24, 2.45) is 0 Å². The molecule has 16 heavy (non-hydrogen) atoms. The van der Waals surface area contributed by atoms with Crippen molar-refractivity contribution in [3.8, 4) is 6.07 Å². The third-order valence-corrected chi connectivity index (χ3v) is 3.21. The van der Waals surface area contributed by atoms with E-state index in [1.807, 2.05) is 12.1 Å². The minimum Gasteiger partial charge on any atom is -0.306 e. The molecule has 1 aromatic rings. The summed E-state index contributed by atoms with van der Waals surface area (Å²) in [6, 6.07) is 11.1. The van der Waals surface area contributed by atoms with Gasteiger partial charge in [-0.2, -0.15) is 5.26 Å². The maximum Gasteiger partial charge on any atom is 0.0638 e. The highest BCUT2D eigenvalue weighted by Crippen LogP contribution is 2.17. The standard InChI is InChI=1S/C13H17BrN2/c1-3-13(8-9-15)16-10(2)11-4-6-12(14)7-5-11/h4-7,10,13,16H,3,8H2,1-2H3. The van der Waals surface area contributed by atoms with Crippen LogP contribution in [0.2, 0.25) is 0 Å². The molecule has 0 heterocycles. The van der Waals surface area contributed by atoms with Crippen LogP contribution in [0.3, 0.4) is 0 Å². The Kier molecular flexibility index (Phi) is 5.51. The average molecular weight is 281 g/mol. The summed E-state index contributed by atoms with van der Waals surface area (Å²) in [5.41, 5.74) is 1.25. The van der Waals surface area contributed by atoms with Crippen molar-refractivity contribution in [3.05, 3.63) is 34.3 Å². The number of hydrogen-bond donors (Lipinski definition) is 1. The van der Waals surface area contributed by atoms with Crippen LogP contribution in [-0.4, -0.2) is 6.04 Å². The van der Waals surface area contributed by atoms with Gasteiger partial charge in [-0.05, 0) is 31.0 Å². The Morgan fingerprint density at radius 3 is 2.50 bits per heavy atom. The summed E-state index contributed by atoms with van der Waals surface area (Å²) in [5, 5.41) is 12.2. The van der Waals surface area contributed by atoms with Gasteiger partial charge in [-0.15, -0.1) is 0 Å². The topological polar surface area (TPSA) is 35.8 Å². The van der Waals surface area contributed by atoms with Crippen LogP contribution in [0.1, 0.15) is 38.3 Å². The molecule has 1 rings (SSSR count). The monoisotopic (exact) mass is 280 g/mol. The van der Waals surface area contributed by atoms with Crippen LogP contribution in [0.25, 0.3) is 0 Å². The molecule has 0 fully saturated rings. The Bertz CT molecular complexity index is 353. The Balaban J connectivity index is 2.60. The summed E-state index contributed by atoms with van der Waals surface area (Å²) in [5.74, 6) is 0. The van der Waals surface area contributed by atoms with Gasteiger partial charge in [-0.1, -0.05) is 35.0 Å². The molecule has 0 amide bonds. The van der Waals surface area contributed by atoms with Gasteiger partial charge in [0, 0.05) is 16.6 Å². The van der Waals surface area contributed by atoms with Gasteiger partial charge in [0.1, 0.15) is 0 Å². The summed E-state index contributed by atoms with van der Waals surface area (Å²) in [4.78, 5) is 0. The van der Waals surface area contributed by atoms with Crippen LogP contribution >= 0.6 is 15.9 Å². The molecule has 0 bridgehead atoms. The summed E-state index contributed by atoms with van der Waals surface area (Å²) in [6.45, 7) is 4.23. The molecular weight excluding hydrogens is 264 g/mol. The molecule has 0 spiro atoms. The summed E-state index contributed by atoms with van der Waals surface area (Å²) >= 11 is 3.42. The van der Waals surface area contributed by atoms with Crippen molar-refractivity contribution in [1.82, 2.24) is 5.32 Å². The molecule has 3 heteroatoms. The molecule has 0 aliphatic heterocycles. The molecule has 0 radical (unpaired) electrons. The first-order chi connectivity index (χ1) is 7.67. The Morgan fingerprint density at radius 2 is 2.00 bits per heavy atom. The van der Waals surface area contributed by atoms with E-state index in [4.69, 9.17) is 5.26 Å². The summed E-state index contributed by atoms with van der Waals surface area (Å²) < 4.78 is 1.09. The van der Waals surface area contributed by atoms with E-state index in [0.717, 1.165) is 10.9 Å². The molecule has 2 nitrogen and oxygen atoms in total. The lowest BCUT2D eigenvalue weighted by Gasteiger charge is -2.20. The largest absolute Gasteiger partial charge is 0.306 e. The van der Waals surface area contributed by atoms with Crippen molar-refractivity contribution in [2.75, 3.05) is 0 Å². The summed E-state index contributed by atoms with van der Waals surface area (Å²) in [6.07, 6.45) is 1.55. The predicted octanol–water partition coefficient (Wildman–Crippen LogP) is 3.79. The minimum atomic E-state index is 0.281. The second kappa shape index (κ2) is 6.67. The SMILES string of the molecule is CCC(CC#N)NC(C)c1ccc(Br)cc1. The van der Waals surface area contributed by atoms with Gasteiger partial charge in [0.25, 0.3) is 0 Å². The molecule has 1 aromatic carbocycles. The first-order valence-electron chi connectivity index (χ1n) is 5.55. The lowest BCUT2D eigenvalue weighted by atomic mass is 10.1. The second-order valence-corrected chi connectivity index (χ2v) is 4.82. The molecular formula is C13H17BrN2. The number of hydrogen-bond acceptors (Lipinski definition) is 2. The molecule has 0 aliphatic carbocycles. The van der Waals surface area contributed by atoms with Gasteiger partial charge >= 0.3 is 0 Å². The molecule has 86 valence electrons. The predicted molar refractivity (Wildman–Crippen MR) is 70.0 cm³/mol. The van der Waals surface area contributed by atoms with E-state index in [1.54, 1.807) is 0 Å². The molecule has 1 N–H and O–H groups in total. The highest BCUT2D eigenvalue weighted by atomic mass is 79.9. The lowest BCUT2D eigenvalue weighted by Crippen LogP contribution is -2.30. The molecule has 0 aromatic heterocycles. The highest BCUT2D eigenvalue weighted by Gasteiger charge is 2.11. The number of nitrogens with one attached hydrogen (secondary N) is 1. The van der Waals surface area contributed by atoms with E-state index in [2.05, 4.69) is 53.3 Å². The van der Waals surface area contributed by atoms with E-state index < -0.39 is 0 Å². The quantitative estimate of drug-likeness (QED) is 0.891. The van der Waals surface area contributed by atoms with Crippen molar-refractivity contribution < 1.29 is 0 Å². The Labute approximate surface area is 106 Å². The number of nitrogens with zero attached hydrogens (tertiary/aromatic N) is 1. The Hall–Kier alpha value is -0.850. The molecule has 0 aliphatic rings. The maximum absolute atomic E-state index is 8.69. The van der Waals surface area contributed by atoms with Gasteiger partial charge in [0.05, 0.1) is 12.5 Å². The van der Waals surface area contributed by atoms with Crippen LogP contribution in [0.5, 0.6) is 0 Å². The van der Waals surface area contributed by atoms with Crippen molar-refractivity contribution in [2.45, 2.75) is 38.8 Å². The average Bonchev–Trinajstić information content (AvgIpc) is 2.29. The zero-order chi connectivity index (χ0) is 12.0. The van der Waals surface area contributed by atoms with Gasteiger partial charge in [-0.25, -0.2) is 0 Å². The number of benzene rings is 1. The van der Waals surface area contributed by atoms with Gasteiger partial charge in [-0.3, -0.25) is 0 Å². The fourth-order valence-corrected chi connectivity index (χ4v) is 1.90. The zero-order valence-corrected chi connectivity index (χ0v) is 11.3. The number of halogens is 1. The molecule has 2 atom stereocenters. The van der Waals surface area contributed by atoms with E-state index in [0.29, 0.717) is 6.42 Å². The Morgan fingerprint density at radius 1 is 1.38 bits per heavy atom. The third kappa shape index (κ3) is 3.96. The van der Waals surface area contributed by atoms with E-state index in [9.17, 15) is 0 Å². The van der Waals surface area contributed by atoms with Crippen LogP contribution in [0, 0.1) is 11.3 Å². The highest BCUT2D eigenvalue weighted by molar-refractivity contribution is 9.10. The normalized spacial score (nSPS) is 14.1. The molecule has 2 unspecified atom stereocenters. The van der Waals surface area contributed by atoms with Crippen molar-refractivity contribution in [1.29, 1.82) is 5.26 Å². The van der Waals surface area contributed by atoms with Gasteiger partial charge in [0.2, 0.25) is 0 Å². The molecule has 0 saturated heterocycles. The van der Waals surface area contributed by atoms with Crippen molar-refractivity contribution in [3.63, 3.8) is 0 Å². The zero-order valence-electron chi connectivity index (χ0n) is 9.70. The van der Waals surface area contributed by atoms with Crippen LogP contribution in [0.4, 0.5) is 0 Å². The first-order valence-corrected chi connectivity index (χ1v) is 6.35. The van der Waals surface area contributed by atoms with E-state index >= 15 is 0 Å². The fourth-order valence-electron chi connectivity index (χ4n) is 1.63. The molecule has 0 saturated carbocycles. The number of rotatable bonds is 5. The fraction of sp³-hybridized carbons (Fsp3) is 0.462. The minimum absolute atomic E-state index is 0.281. The van der Waals surface area contributed by atoms with E-state index in [1.165, 1.54) is 5.56 Å². The number of nitriles is 1. The maximum atomic E-state index is 8.69. The van der Waals surface area contributed by atoms with Gasteiger partial charge in [0.15, 0.2) is 0 Å². The second-order valence-electron chi connectivity index (χ2n) is 3.91. The van der Waals surface area contributed by atoms with Crippen molar-refractivity contribution >= 4 is 15.9 Å². The van der Waals surface area contributed by atoms with E-state index in [-0.39, 0.29) is 12.1 Å². The third-order valence-electron chi connectivity index (χ3n) is 2.69. The summed E-state index contributed by atoms with van der Waals surface area (Å²) in [7, 11) is 0. The van der Waals surface area contributed by atoms with Crippen LogP contribution < -0.4 is 5.32 Å². The lowest BCUT2D eigenvalue weighted by molar-refractivity contribution is 0.448. The first kappa shape index (κ1) is 13.2.